The number of nitrogens with zero attached hydrogens (tertiary/aromatic N) is 2. The molecule has 0 saturated carbocycles. The second-order valence-corrected chi connectivity index (χ2v) is 7.95. The molecule has 1 aromatic carbocycles. The van der Waals surface area contributed by atoms with Crippen molar-refractivity contribution in [2.75, 3.05) is 14.2 Å². The fourth-order valence-corrected chi connectivity index (χ4v) is 3.37. The average molecular weight is 419 g/mol. The molecule has 7 heteroatoms. The first-order valence-electron chi connectivity index (χ1n) is 9.62. The van der Waals surface area contributed by atoms with Crippen molar-refractivity contribution in [2.24, 2.45) is 5.41 Å². The molecule has 0 aliphatic heterocycles. The lowest BCUT2D eigenvalue weighted by molar-refractivity contribution is -0.139. The Labute approximate surface area is 182 Å². The minimum atomic E-state index is -1.87. The minimum Gasteiger partial charge on any atom is -0.465 e. The molecule has 1 aliphatic rings. The van der Waals surface area contributed by atoms with Crippen LogP contribution in [0.2, 0.25) is 0 Å². The monoisotopic (exact) mass is 419 g/mol. The van der Waals surface area contributed by atoms with E-state index < -0.39 is 22.9 Å². The highest BCUT2D eigenvalue weighted by Crippen LogP contribution is 2.48. The third-order valence-electron chi connectivity index (χ3n) is 4.68. The fourth-order valence-electron chi connectivity index (χ4n) is 3.37. The van der Waals surface area contributed by atoms with Crippen molar-refractivity contribution < 1.29 is 19.1 Å². The normalized spacial score (nSPS) is 15.5. The largest absolute Gasteiger partial charge is 0.465 e. The number of ether oxygens (including phenoxy) is 2. The minimum absolute atomic E-state index is 0.0281. The molecule has 31 heavy (non-hydrogen) atoms. The Kier molecular flexibility index (Phi) is 7.04. The number of nitriles is 2. The molecule has 0 heterocycles. The van der Waals surface area contributed by atoms with Crippen LogP contribution in [-0.4, -0.2) is 31.7 Å². The van der Waals surface area contributed by atoms with Gasteiger partial charge in [-0.15, -0.1) is 0 Å². The molecule has 0 saturated heterocycles. The third-order valence-corrected chi connectivity index (χ3v) is 4.68. The number of esters is 2. The zero-order valence-corrected chi connectivity index (χ0v) is 18.3. The van der Waals surface area contributed by atoms with E-state index in [-0.39, 0.29) is 28.8 Å². The van der Waals surface area contributed by atoms with Crippen molar-refractivity contribution in [1.82, 2.24) is 5.32 Å². The first-order valence-corrected chi connectivity index (χ1v) is 9.62. The zero-order valence-electron chi connectivity index (χ0n) is 18.3. The van der Waals surface area contributed by atoms with Crippen LogP contribution in [0.15, 0.2) is 58.8 Å². The van der Waals surface area contributed by atoms with Crippen molar-refractivity contribution in [1.29, 1.82) is 10.5 Å². The van der Waals surface area contributed by atoms with Gasteiger partial charge in [0.1, 0.15) is 0 Å². The average Bonchev–Trinajstić information content (AvgIpc) is 3.01. The second-order valence-electron chi connectivity index (χ2n) is 7.95. The van der Waals surface area contributed by atoms with E-state index in [1.54, 1.807) is 6.08 Å². The molecule has 0 aromatic heterocycles. The van der Waals surface area contributed by atoms with Crippen LogP contribution in [0.4, 0.5) is 0 Å². The van der Waals surface area contributed by atoms with Crippen molar-refractivity contribution in [3.63, 3.8) is 0 Å². The van der Waals surface area contributed by atoms with E-state index in [2.05, 4.69) is 5.32 Å². The molecule has 1 aliphatic carbocycles. The number of rotatable bonds is 6. The highest BCUT2D eigenvalue weighted by Gasteiger charge is 2.53. The Morgan fingerprint density at radius 2 is 1.58 bits per heavy atom. The lowest BCUT2D eigenvalue weighted by atomic mass is 9.79. The van der Waals surface area contributed by atoms with Gasteiger partial charge in [-0.2, -0.15) is 10.5 Å². The summed E-state index contributed by atoms with van der Waals surface area (Å²) in [4.78, 5) is 25.4. The number of nitrogens with one attached hydrogen (secondary N) is 1. The summed E-state index contributed by atoms with van der Waals surface area (Å²) in [6, 6.07) is 13.5. The van der Waals surface area contributed by atoms with Gasteiger partial charge >= 0.3 is 11.9 Å². The molecule has 0 bridgehead atoms. The molecule has 0 spiro atoms. The van der Waals surface area contributed by atoms with E-state index in [0.717, 1.165) is 5.56 Å². The van der Waals surface area contributed by atoms with Gasteiger partial charge in [-0.25, -0.2) is 9.59 Å². The summed E-state index contributed by atoms with van der Waals surface area (Å²) in [6.45, 7) is 5.46. The third kappa shape index (κ3) is 4.67. The molecule has 1 N–H and O–H groups in total. The van der Waals surface area contributed by atoms with Crippen LogP contribution < -0.4 is 5.32 Å². The van der Waals surface area contributed by atoms with Crippen LogP contribution in [0.1, 0.15) is 32.8 Å². The standard InChI is InChI=1S/C24H25N3O4/c1-23(2,3)27-20-19(22(29)31-5)18(21(28)30-4)17(24(20,14-25)15-26)13-9-12-16-10-7-6-8-11-16/h6-12,27H,13H2,1-5H3/b12-9+. The van der Waals surface area contributed by atoms with Gasteiger partial charge < -0.3 is 14.8 Å². The number of hydrogen-bond acceptors (Lipinski definition) is 7. The number of allylic oxidation sites excluding steroid dienone is 2. The highest BCUT2D eigenvalue weighted by molar-refractivity contribution is 6.10. The first kappa shape index (κ1) is 23.4. The predicted molar refractivity (Wildman–Crippen MR) is 115 cm³/mol. The van der Waals surface area contributed by atoms with Crippen molar-refractivity contribution >= 4 is 18.0 Å². The molecule has 1 aromatic rings. The lowest BCUT2D eigenvalue weighted by Crippen LogP contribution is -2.41. The maximum Gasteiger partial charge on any atom is 0.340 e. The van der Waals surface area contributed by atoms with E-state index in [1.807, 2.05) is 69.3 Å². The highest BCUT2D eigenvalue weighted by atomic mass is 16.5. The fraction of sp³-hybridized carbons (Fsp3) is 0.333. The van der Waals surface area contributed by atoms with Crippen molar-refractivity contribution in [2.45, 2.75) is 32.7 Å². The molecular formula is C24H25N3O4. The van der Waals surface area contributed by atoms with E-state index in [0.29, 0.717) is 0 Å². The van der Waals surface area contributed by atoms with Gasteiger partial charge in [-0.1, -0.05) is 42.5 Å². The predicted octanol–water partition coefficient (Wildman–Crippen LogP) is 3.42. The van der Waals surface area contributed by atoms with E-state index in [9.17, 15) is 20.1 Å². The Balaban J connectivity index is 2.74. The molecule has 0 radical (unpaired) electrons. The Hall–Kier alpha value is -3.84. The summed E-state index contributed by atoms with van der Waals surface area (Å²) >= 11 is 0. The Morgan fingerprint density at radius 1 is 1.03 bits per heavy atom. The SMILES string of the molecule is COC(=O)C1=C(C/C=C/c2ccccc2)C(C#N)(C#N)C(NC(C)(C)C)=C1C(=O)OC. The van der Waals surface area contributed by atoms with E-state index in [1.165, 1.54) is 14.2 Å². The summed E-state index contributed by atoms with van der Waals surface area (Å²) in [6.07, 6.45) is 3.64. The van der Waals surface area contributed by atoms with Crippen LogP contribution in [0.25, 0.3) is 6.08 Å². The molecule has 7 nitrogen and oxygen atoms in total. The second kappa shape index (κ2) is 9.32. The van der Waals surface area contributed by atoms with Crippen LogP contribution in [-0.2, 0) is 19.1 Å². The molecule has 160 valence electrons. The number of carbonyl (C=O) groups is 2. The van der Waals surface area contributed by atoms with Gasteiger partial charge in [0.2, 0.25) is 5.41 Å². The summed E-state index contributed by atoms with van der Waals surface area (Å²) in [5.74, 6) is -1.65. The quantitative estimate of drug-likeness (QED) is 0.703. The van der Waals surface area contributed by atoms with Crippen LogP contribution in [0.3, 0.4) is 0 Å². The smallest absolute Gasteiger partial charge is 0.340 e. The van der Waals surface area contributed by atoms with Gasteiger partial charge in [-0.3, -0.25) is 0 Å². The van der Waals surface area contributed by atoms with E-state index >= 15 is 0 Å². The van der Waals surface area contributed by atoms with Gasteiger partial charge in [0, 0.05) is 5.54 Å². The number of hydrogen-bond donors (Lipinski definition) is 1. The zero-order chi connectivity index (χ0) is 23.2. The topological polar surface area (TPSA) is 112 Å². The van der Waals surface area contributed by atoms with Crippen LogP contribution >= 0.6 is 0 Å². The Morgan fingerprint density at radius 3 is 2.06 bits per heavy atom. The van der Waals surface area contributed by atoms with Gasteiger partial charge in [0.05, 0.1) is 43.2 Å². The number of methoxy groups -OCH3 is 2. The van der Waals surface area contributed by atoms with E-state index in [4.69, 9.17) is 9.47 Å². The maximum atomic E-state index is 12.7. The Bertz CT molecular complexity index is 1030. The van der Waals surface area contributed by atoms with Crippen molar-refractivity contribution in [3.05, 3.63) is 64.4 Å². The number of carbonyl (C=O) groups excluding carboxylic acids is 2. The van der Waals surface area contributed by atoms with Crippen molar-refractivity contribution in [3.8, 4) is 12.1 Å². The lowest BCUT2D eigenvalue weighted by Gasteiger charge is -2.29. The molecule has 0 atom stereocenters. The molecular weight excluding hydrogens is 394 g/mol. The summed E-state index contributed by atoms with van der Waals surface area (Å²) in [5, 5.41) is 23.3. The summed E-state index contributed by atoms with van der Waals surface area (Å²) in [7, 11) is 2.35. The van der Waals surface area contributed by atoms with Crippen LogP contribution in [0.5, 0.6) is 0 Å². The molecule has 2 rings (SSSR count). The van der Waals surface area contributed by atoms with Gasteiger partial charge in [-0.05, 0) is 38.3 Å². The van der Waals surface area contributed by atoms with Crippen LogP contribution in [0, 0.1) is 28.1 Å². The summed E-state index contributed by atoms with van der Waals surface area (Å²) in [5.41, 5.74) is -1.65. The molecule has 0 unspecified atom stereocenters. The first-order chi connectivity index (χ1) is 14.6. The molecule has 0 fully saturated rings. The molecule has 0 amide bonds. The van der Waals surface area contributed by atoms with Gasteiger partial charge in [0.25, 0.3) is 0 Å². The van der Waals surface area contributed by atoms with Gasteiger partial charge in [0.15, 0.2) is 0 Å². The number of benzene rings is 1. The summed E-state index contributed by atoms with van der Waals surface area (Å²) < 4.78 is 9.80. The maximum absolute atomic E-state index is 12.7.